The van der Waals surface area contributed by atoms with Crippen LogP contribution in [-0.4, -0.2) is 37.6 Å². The lowest BCUT2D eigenvalue weighted by molar-refractivity contribution is 0.452. The number of aromatic nitrogens is 5. The van der Waals surface area contributed by atoms with E-state index in [-0.39, 0.29) is 0 Å². The quantitative estimate of drug-likeness (QED) is 0.461. The monoisotopic (exact) mass is 433 g/mol. The lowest BCUT2D eigenvalue weighted by atomic mass is 9.95. The summed E-state index contributed by atoms with van der Waals surface area (Å²) in [6.45, 7) is 3.00. The minimum atomic E-state index is 0.595. The molecule has 1 unspecified atom stereocenters. The van der Waals surface area contributed by atoms with Gasteiger partial charge in [0.25, 0.3) is 0 Å². The smallest absolute Gasteiger partial charge is 0.111 e. The summed E-state index contributed by atoms with van der Waals surface area (Å²) in [7, 11) is 1.93. The summed E-state index contributed by atoms with van der Waals surface area (Å²) in [4.78, 5) is 4.87. The molecule has 1 saturated heterocycles. The van der Waals surface area contributed by atoms with Crippen molar-refractivity contribution in [1.29, 1.82) is 5.26 Å². The maximum Gasteiger partial charge on any atom is 0.111 e. The van der Waals surface area contributed by atoms with Gasteiger partial charge in [0.1, 0.15) is 5.52 Å². The molecule has 0 radical (unpaired) electrons. The molecule has 3 aromatic heterocycles. The molecular formula is C26H23N7. The predicted molar refractivity (Wildman–Crippen MR) is 128 cm³/mol. The first kappa shape index (κ1) is 19.6. The number of nitrogens with zero attached hydrogens (tertiary/aromatic N) is 6. The van der Waals surface area contributed by atoms with Crippen molar-refractivity contribution in [3.8, 4) is 28.5 Å². The fourth-order valence-corrected chi connectivity index (χ4v) is 4.79. The van der Waals surface area contributed by atoms with Gasteiger partial charge in [0, 0.05) is 47.9 Å². The molecule has 1 aliphatic rings. The molecule has 0 aliphatic carbocycles. The summed E-state index contributed by atoms with van der Waals surface area (Å²) in [6.07, 6.45) is 7.21. The number of hydrogen-bond donors (Lipinski definition) is 1. The molecule has 1 fully saturated rings. The van der Waals surface area contributed by atoms with Crippen LogP contribution in [0.5, 0.6) is 0 Å². The minimum Gasteiger partial charge on any atom is -0.316 e. The molecule has 6 rings (SSSR count). The summed E-state index contributed by atoms with van der Waals surface area (Å²) in [6, 6.07) is 16.2. The van der Waals surface area contributed by atoms with Gasteiger partial charge in [-0.2, -0.15) is 15.5 Å². The van der Waals surface area contributed by atoms with Gasteiger partial charge >= 0.3 is 0 Å². The van der Waals surface area contributed by atoms with E-state index in [1.54, 1.807) is 0 Å². The van der Waals surface area contributed by atoms with Crippen molar-refractivity contribution in [2.75, 3.05) is 13.1 Å². The normalized spacial score (nSPS) is 15.9. The summed E-state index contributed by atoms with van der Waals surface area (Å²) in [5.74, 6) is 0.595. The number of benzene rings is 2. The van der Waals surface area contributed by atoms with E-state index >= 15 is 0 Å². The van der Waals surface area contributed by atoms with Crippen LogP contribution in [0.15, 0.2) is 61.1 Å². The third-order valence-corrected chi connectivity index (χ3v) is 6.41. The molecule has 33 heavy (non-hydrogen) atoms. The molecule has 0 amide bonds. The van der Waals surface area contributed by atoms with Gasteiger partial charge in [0.2, 0.25) is 0 Å². The molecule has 2 aromatic carbocycles. The molecule has 7 nitrogen and oxygen atoms in total. The van der Waals surface area contributed by atoms with Crippen molar-refractivity contribution in [1.82, 2.24) is 29.9 Å². The number of rotatable bonds is 4. The van der Waals surface area contributed by atoms with Gasteiger partial charge in [-0.3, -0.25) is 14.3 Å². The fourth-order valence-electron chi connectivity index (χ4n) is 4.79. The van der Waals surface area contributed by atoms with Crippen molar-refractivity contribution >= 4 is 21.8 Å². The highest BCUT2D eigenvalue weighted by molar-refractivity contribution is 6.01. The first-order valence-corrected chi connectivity index (χ1v) is 11.2. The fraction of sp³-hybridized carbons (Fsp3) is 0.231. The number of nitriles is 1. The van der Waals surface area contributed by atoms with Gasteiger partial charge in [-0.15, -0.1) is 0 Å². The van der Waals surface area contributed by atoms with Crippen molar-refractivity contribution in [3.05, 3.63) is 66.6 Å². The Bertz CT molecular complexity index is 1510. The lowest BCUT2D eigenvalue weighted by Crippen LogP contribution is -2.14. The van der Waals surface area contributed by atoms with Gasteiger partial charge in [-0.1, -0.05) is 18.2 Å². The third kappa shape index (κ3) is 3.55. The molecule has 0 bridgehead atoms. The summed E-state index contributed by atoms with van der Waals surface area (Å²) in [5.41, 5.74) is 6.48. The van der Waals surface area contributed by atoms with Crippen molar-refractivity contribution in [2.24, 2.45) is 13.0 Å². The van der Waals surface area contributed by atoms with Crippen LogP contribution >= 0.6 is 0 Å². The van der Waals surface area contributed by atoms with Gasteiger partial charge in [-0.05, 0) is 55.3 Å². The van der Waals surface area contributed by atoms with E-state index in [0.29, 0.717) is 11.5 Å². The first-order chi connectivity index (χ1) is 16.2. The van der Waals surface area contributed by atoms with E-state index in [1.807, 2.05) is 54.5 Å². The van der Waals surface area contributed by atoms with E-state index in [9.17, 15) is 5.26 Å². The summed E-state index contributed by atoms with van der Waals surface area (Å²) in [5, 5.41) is 24.2. The van der Waals surface area contributed by atoms with Gasteiger partial charge in [-0.25, -0.2) is 0 Å². The third-order valence-electron chi connectivity index (χ3n) is 6.41. The summed E-state index contributed by atoms with van der Waals surface area (Å²) < 4.78 is 3.89. The van der Waals surface area contributed by atoms with E-state index in [1.165, 1.54) is 6.42 Å². The lowest BCUT2D eigenvalue weighted by Gasteiger charge is -2.11. The second kappa shape index (κ2) is 7.84. The SMILES string of the molecule is Cn1cc2cc(-c3ncc4nn(CC5CCNC5)cc4c3-c3ccc(C#N)cc3)ccc2n1. The zero-order chi connectivity index (χ0) is 22.4. The van der Waals surface area contributed by atoms with Crippen molar-refractivity contribution < 1.29 is 0 Å². The average Bonchev–Trinajstić information content (AvgIpc) is 3.57. The average molecular weight is 434 g/mol. The van der Waals surface area contributed by atoms with E-state index in [0.717, 1.165) is 63.8 Å². The molecule has 7 heteroatoms. The van der Waals surface area contributed by atoms with Crippen LogP contribution in [0.25, 0.3) is 44.2 Å². The second-order valence-corrected chi connectivity index (χ2v) is 8.76. The Morgan fingerprint density at radius 1 is 1.06 bits per heavy atom. The Labute approximate surface area is 191 Å². The van der Waals surface area contributed by atoms with Crippen LogP contribution in [0, 0.1) is 17.2 Å². The Morgan fingerprint density at radius 3 is 2.70 bits per heavy atom. The number of nitrogens with one attached hydrogen (secondary N) is 1. The van der Waals surface area contributed by atoms with E-state index in [2.05, 4.69) is 39.5 Å². The van der Waals surface area contributed by atoms with Gasteiger partial charge in [0.15, 0.2) is 0 Å². The number of fused-ring (bicyclic) bond motifs is 2. The Hall–Kier alpha value is -4.02. The maximum absolute atomic E-state index is 9.26. The molecule has 1 aliphatic heterocycles. The van der Waals surface area contributed by atoms with Crippen LogP contribution in [0.4, 0.5) is 0 Å². The highest BCUT2D eigenvalue weighted by Crippen LogP contribution is 2.37. The highest BCUT2D eigenvalue weighted by atomic mass is 15.3. The summed E-state index contributed by atoms with van der Waals surface area (Å²) >= 11 is 0. The van der Waals surface area contributed by atoms with Crippen LogP contribution < -0.4 is 5.32 Å². The standard InChI is InChI=1S/C26H23N7/c1-32-15-21-10-20(6-7-23(21)30-32)26-25(19-4-2-17(11-27)3-5-19)22-16-33(31-24(22)13-29-26)14-18-8-9-28-12-18/h2-7,10,13,15-16,18,28H,8-9,12,14H2,1H3. The zero-order valence-electron chi connectivity index (χ0n) is 18.4. The van der Waals surface area contributed by atoms with Crippen LogP contribution in [0.2, 0.25) is 0 Å². The molecular weight excluding hydrogens is 410 g/mol. The van der Waals surface area contributed by atoms with E-state index in [4.69, 9.17) is 10.1 Å². The van der Waals surface area contributed by atoms with E-state index < -0.39 is 0 Å². The number of pyridine rings is 1. The largest absolute Gasteiger partial charge is 0.316 e. The molecule has 1 atom stereocenters. The maximum atomic E-state index is 9.26. The van der Waals surface area contributed by atoms with Gasteiger partial charge in [0.05, 0.1) is 29.0 Å². The molecule has 0 spiro atoms. The van der Waals surface area contributed by atoms with Crippen LogP contribution in [0.1, 0.15) is 12.0 Å². The zero-order valence-corrected chi connectivity index (χ0v) is 18.4. The van der Waals surface area contributed by atoms with Crippen molar-refractivity contribution in [3.63, 3.8) is 0 Å². The molecule has 5 aromatic rings. The van der Waals surface area contributed by atoms with Gasteiger partial charge < -0.3 is 5.32 Å². The Balaban J connectivity index is 1.54. The molecule has 4 heterocycles. The molecule has 1 N–H and O–H groups in total. The predicted octanol–water partition coefficient (Wildman–Crippen LogP) is 4.13. The van der Waals surface area contributed by atoms with Crippen molar-refractivity contribution in [2.45, 2.75) is 13.0 Å². The topological polar surface area (TPSA) is 84.4 Å². The highest BCUT2D eigenvalue weighted by Gasteiger charge is 2.19. The van der Waals surface area contributed by atoms with Crippen LogP contribution in [0.3, 0.4) is 0 Å². The Morgan fingerprint density at radius 2 is 1.91 bits per heavy atom. The first-order valence-electron chi connectivity index (χ1n) is 11.2. The Kier molecular flexibility index (Phi) is 4.67. The molecule has 162 valence electrons. The number of aryl methyl sites for hydroxylation is 1. The second-order valence-electron chi connectivity index (χ2n) is 8.76. The minimum absolute atomic E-state index is 0.595. The van der Waals surface area contributed by atoms with Crippen LogP contribution in [-0.2, 0) is 13.6 Å². The molecule has 0 saturated carbocycles. The number of hydrogen-bond acceptors (Lipinski definition) is 5.